The lowest BCUT2D eigenvalue weighted by Gasteiger charge is -2.15. The van der Waals surface area contributed by atoms with E-state index in [1.54, 1.807) is 6.92 Å². The smallest absolute Gasteiger partial charge is 0.159 e. The largest absolute Gasteiger partial charge is 0.382 e. The highest BCUT2D eigenvalue weighted by atomic mass is 16.1. The molecule has 0 spiro atoms. The van der Waals surface area contributed by atoms with Crippen molar-refractivity contribution >= 4 is 11.5 Å². The highest BCUT2D eigenvalue weighted by Gasteiger charge is 2.30. The van der Waals surface area contributed by atoms with Crippen molar-refractivity contribution < 1.29 is 4.79 Å². The van der Waals surface area contributed by atoms with Crippen molar-refractivity contribution in [1.82, 2.24) is 0 Å². The van der Waals surface area contributed by atoms with Crippen LogP contribution in [0.1, 0.15) is 49.0 Å². The molecule has 2 aromatic carbocycles. The Morgan fingerprint density at radius 3 is 2.42 bits per heavy atom. The quantitative estimate of drug-likeness (QED) is 0.727. The van der Waals surface area contributed by atoms with E-state index in [4.69, 9.17) is 0 Å². The van der Waals surface area contributed by atoms with Gasteiger partial charge in [0.1, 0.15) is 0 Å². The molecule has 1 aliphatic rings. The number of anilines is 1. The maximum atomic E-state index is 11.3. The maximum absolute atomic E-state index is 11.3. The number of carbonyl (C=O) groups excluding carboxylic acids is 1. The summed E-state index contributed by atoms with van der Waals surface area (Å²) in [5, 5.41) is 3.68. The summed E-state index contributed by atoms with van der Waals surface area (Å²) < 4.78 is 0. The van der Waals surface area contributed by atoms with Crippen molar-refractivity contribution in [2.24, 2.45) is 11.8 Å². The third kappa shape index (κ3) is 4.25. The van der Waals surface area contributed by atoms with Crippen LogP contribution in [0.15, 0.2) is 54.6 Å². The molecule has 0 aromatic heterocycles. The number of hydrogen-bond acceptors (Lipinski definition) is 2. The second kappa shape index (κ2) is 7.65. The van der Waals surface area contributed by atoms with Gasteiger partial charge in [0.15, 0.2) is 5.78 Å². The first-order valence-corrected chi connectivity index (χ1v) is 9.03. The summed E-state index contributed by atoms with van der Waals surface area (Å²) >= 11 is 0. The molecule has 0 heterocycles. The van der Waals surface area contributed by atoms with Gasteiger partial charge in [0.05, 0.1) is 0 Å². The number of nitrogens with one attached hydrogen (secondary N) is 1. The van der Waals surface area contributed by atoms with Gasteiger partial charge in [-0.05, 0) is 62.1 Å². The first-order valence-electron chi connectivity index (χ1n) is 9.03. The van der Waals surface area contributed by atoms with Crippen molar-refractivity contribution in [2.45, 2.75) is 45.6 Å². The number of benzene rings is 2. The van der Waals surface area contributed by atoms with E-state index in [2.05, 4.69) is 54.7 Å². The standard InChI is InChI=1S/C22H27NO/c1-16-14-22(23-21-6-4-3-5-7-21)15-20(16)13-10-18-8-11-19(12-9-18)17(2)24/h3-9,11-12,16,20,22-23H,10,13-15H2,1-2H3. The molecule has 126 valence electrons. The minimum Gasteiger partial charge on any atom is -0.382 e. The minimum atomic E-state index is 0.140. The Labute approximate surface area is 145 Å². The Morgan fingerprint density at radius 2 is 1.75 bits per heavy atom. The van der Waals surface area contributed by atoms with Crippen LogP contribution in [-0.4, -0.2) is 11.8 Å². The molecule has 2 aromatic rings. The second-order valence-electron chi connectivity index (χ2n) is 7.21. The maximum Gasteiger partial charge on any atom is 0.159 e. The number of rotatable bonds is 6. The van der Waals surface area contributed by atoms with Crippen LogP contribution in [0.2, 0.25) is 0 Å². The zero-order valence-corrected chi connectivity index (χ0v) is 14.7. The van der Waals surface area contributed by atoms with E-state index in [9.17, 15) is 4.79 Å². The Balaban J connectivity index is 1.51. The average Bonchev–Trinajstić information content (AvgIpc) is 2.93. The Hall–Kier alpha value is -2.09. The van der Waals surface area contributed by atoms with Crippen LogP contribution in [0.3, 0.4) is 0 Å². The van der Waals surface area contributed by atoms with Crippen LogP contribution >= 0.6 is 0 Å². The van der Waals surface area contributed by atoms with Gasteiger partial charge in [-0.3, -0.25) is 4.79 Å². The summed E-state index contributed by atoms with van der Waals surface area (Å²) in [6.45, 7) is 4.01. The monoisotopic (exact) mass is 321 g/mol. The molecular weight excluding hydrogens is 294 g/mol. The number of carbonyl (C=O) groups is 1. The van der Waals surface area contributed by atoms with E-state index < -0.39 is 0 Å². The summed E-state index contributed by atoms with van der Waals surface area (Å²) in [4.78, 5) is 11.3. The van der Waals surface area contributed by atoms with Crippen LogP contribution in [0, 0.1) is 11.8 Å². The molecule has 1 aliphatic carbocycles. The Bertz CT molecular complexity index is 662. The predicted molar refractivity (Wildman–Crippen MR) is 101 cm³/mol. The van der Waals surface area contributed by atoms with E-state index in [-0.39, 0.29) is 5.78 Å². The molecule has 3 unspecified atom stereocenters. The predicted octanol–water partition coefficient (Wildman–Crippen LogP) is 5.35. The molecule has 3 atom stereocenters. The van der Waals surface area contributed by atoms with Gasteiger partial charge >= 0.3 is 0 Å². The van der Waals surface area contributed by atoms with Gasteiger partial charge in [0.2, 0.25) is 0 Å². The van der Waals surface area contributed by atoms with E-state index in [1.807, 2.05) is 12.1 Å². The van der Waals surface area contributed by atoms with Gasteiger partial charge in [-0.2, -0.15) is 0 Å². The van der Waals surface area contributed by atoms with Gasteiger partial charge in [-0.1, -0.05) is 49.4 Å². The normalized spacial score (nSPS) is 23.2. The Morgan fingerprint density at radius 1 is 1.04 bits per heavy atom. The number of Topliss-reactive ketones (excluding diaryl/α,β-unsaturated/α-hetero) is 1. The van der Waals surface area contributed by atoms with Crippen LogP contribution in [-0.2, 0) is 6.42 Å². The van der Waals surface area contributed by atoms with Crippen molar-refractivity contribution in [3.63, 3.8) is 0 Å². The summed E-state index contributed by atoms with van der Waals surface area (Å²) in [5.74, 6) is 1.68. The average molecular weight is 321 g/mol. The molecule has 2 nitrogen and oxygen atoms in total. The molecule has 3 rings (SSSR count). The van der Waals surface area contributed by atoms with Gasteiger partial charge in [-0.25, -0.2) is 0 Å². The first-order chi connectivity index (χ1) is 11.6. The molecule has 24 heavy (non-hydrogen) atoms. The fraction of sp³-hybridized carbons (Fsp3) is 0.409. The third-order valence-electron chi connectivity index (χ3n) is 5.36. The summed E-state index contributed by atoms with van der Waals surface area (Å²) in [6.07, 6.45) is 4.84. The van der Waals surface area contributed by atoms with E-state index in [0.29, 0.717) is 6.04 Å². The lowest BCUT2D eigenvalue weighted by molar-refractivity contribution is 0.101. The highest BCUT2D eigenvalue weighted by Crippen LogP contribution is 2.36. The number of hydrogen-bond donors (Lipinski definition) is 1. The lowest BCUT2D eigenvalue weighted by Crippen LogP contribution is -2.15. The topological polar surface area (TPSA) is 29.1 Å². The summed E-state index contributed by atoms with van der Waals surface area (Å²) in [7, 11) is 0. The molecule has 0 amide bonds. The number of aryl methyl sites for hydroxylation is 1. The molecule has 0 aliphatic heterocycles. The van der Waals surface area contributed by atoms with E-state index >= 15 is 0 Å². The van der Waals surface area contributed by atoms with Crippen molar-refractivity contribution in [3.05, 3.63) is 65.7 Å². The van der Waals surface area contributed by atoms with Gasteiger partial charge in [0.25, 0.3) is 0 Å². The van der Waals surface area contributed by atoms with E-state index in [1.165, 1.54) is 30.5 Å². The van der Waals surface area contributed by atoms with Crippen LogP contribution in [0.25, 0.3) is 0 Å². The van der Waals surface area contributed by atoms with Crippen molar-refractivity contribution in [3.8, 4) is 0 Å². The fourth-order valence-corrected chi connectivity index (χ4v) is 3.88. The zero-order valence-electron chi connectivity index (χ0n) is 14.7. The highest BCUT2D eigenvalue weighted by molar-refractivity contribution is 5.93. The van der Waals surface area contributed by atoms with Crippen LogP contribution < -0.4 is 5.32 Å². The molecule has 1 saturated carbocycles. The molecular formula is C22H27NO. The molecule has 0 radical (unpaired) electrons. The summed E-state index contributed by atoms with van der Waals surface area (Å²) in [6, 6.07) is 19.2. The van der Waals surface area contributed by atoms with Gasteiger partial charge < -0.3 is 5.32 Å². The van der Waals surface area contributed by atoms with Gasteiger partial charge in [-0.15, -0.1) is 0 Å². The van der Waals surface area contributed by atoms with Crippen LogP contribution in [0.5, 0.6) is 0 Å². The Kier molecular flexibility index (Phi) is 5.34. The third-order valence-corrected chi connectivity index (χ3v) is 5.36. The number of ketones is 1. The SMILES string of the molecule is CC(=O)c1ccc(CCC2CC(Nc3ccccc3)CC2C)cc1. The molecule has 0 saturated heterocycles. The first kappa shape index (κ1) is 16.8. The van der Waals surface area contributed by atoms with Gasteiger partial charge in [0, 0.05) is 17.3 Å². The second-order valence-corrected chi connectivity index (χ2v) is 7.21. The molecule has 2 heteroatoms. The minimum absolute atomic E-state index is 0.140. The summed E-state index contributed by atoms with van der Waals surface area (Å²) in [5.41, 5.74) is 3.38. The van der Waals surface area contributed by atoms with Crippen molar-refractivity contribution in [1.29, 1.82) is 0 Å². The van der Waals surface area contributed by atoms with Crippen LogP contribution in [0.4, 0.5) is 5.69 Å². The number of para-hydroxylation sites is 1. The van der Waals surface area contributed by atoms with E-state index in [0.717, 1.165) is 23.8 Å². The molecule has 1 fully saturated rings. The fourth-order valence-electron chi connectivity index (χ4n) is 3.88. The molecule has 0 bridgehead atoms. The lowest BCUT2D eigenvalue weighted by atomic mass is 9.91. The zero-order chi connectivity index (χ0) is 16.9. The molecule has 1 N–H and O–H groups in total. The van der Waals surface area contributed by atoms with Crippen molar-refractivity contribution in [2.75, 3.05) is 5.32 Å².